The van der Waals surface area contributed by atoms with Gasteiger partial charge in [-0.25, -0.2) is 0 Å². The molecule has 0 aromatic heterocycles. The normalized spacial score (nSPS) is 33.0. The Bertz CT molecular complexity index is 295. The summed E-state index contributed by atoms with van der Waals surface area (Å²) in [6.07, 6.45) is 6.68. The van der Waals surface area contributed by atoms with Crippen LogP contribution >= 0.6 is 0 Å². The Kier molecular flexibility index (Phi) is 6.51. The predicted octanol–water partition coefficient (Wildman–Crippen LogP) is 2.66. The fourth-order valence-electron chi connectivity index (χ4n) is 4.34. The van der Waals surface area contributed by atoms with Crippen LogP contribution in [0.4, 0.5) is 0 Å². The lowest BCUT2D eigenvalue weighted by Gasteiger charge is -2.41. The molecule has 1 aliphatic carbocycles. The molecule has 3 nitrogen and oxygen atoms in total. The SMILES string of the molecule is CC(C)C1CCC(N)C(CN2CCC(CN(C)C)CC2)C1. The van der Waals surface area contributed by atoms with Crippen LogP contribution in [0.25, 0.3) is 0 Å². The van der Waals surface area contributed by atoms with Gasteiger partial charge in [0, 0.05) is 19.1 Å². The first-order chi connectivity index (χ1) is 9.95. The molecule has 3 unspecified atom stereocenters. The highest BCUT2D eigenvalue weighted by atomic mass is 15.1. The third-order valence-corrected chi connectivity index (χ3v) is 5.85. The predicted molar refractivity (Wildman–Crippen MR) is 91.4 cm³/mol. The molecule has 1 aliphatic heterocycles. The van der Waals surface area contributed by atoms with Gasteiger partial charge in [0.2, 0.25) is 0 Å². The Hall–Kier alpha value is -0.120. The van der Waals surface area contributed by atoms with Gasteiger partial charge >= 0.3 is 0 Å². The maximum absolute atomic E-state index is 6.42. The standard InChI is InChI=1S/C18H37N3/c1-14(2)16-5-6-18(19)17(11-16)13-21-9-7-15(8-10-21)12-20(3)4/h14-18H,5-13,19H2,1-4H3. The summed E-state index contributed by atoms with van der Waals surface area (Å²) in [6, 6.07) is 0.444. The third-order valence-electron chi connectivity index (χ3n) is 5.85. The Labute approximate surface area is 132 Å². The second kappa shape index (κ2) is 7.94. The molecule has 3 atom stereocenters. The van der Waals surface area contributed by atoms with Crippen LogP contribution in [0, 0.1) is 23.7 Å². The van der Waals surface area contributed by atoms with Gasteiger partial charge < -0.3 is 15.5 Å². The molecule has 2 aliphatic rings. The number of likely N-dealkylation sites (tertiary alicyclic amines) is 1. The molecule has 0 amide bonds. The lowest BCUT2D eigenvalue weighted by molar-refractivity contribution is 0.104. The van der Waals surface area contributed by atoms with Gasteiger partial charge in [-0.2, -0.15) is 0 Å². The van der Waals surface area contributed by atoms with E-state index in [1.54, 1.807) is 0 Å². The topological polar surface area (TPSA) is 32.5 Å². The summed E-state index contributed by atoms with van der Waals surface area (Å²) in [5.41, 5.74) is 6.42. The highest BCUT2D eigenvalue weighted by Gasteiger charge is 2.31. The summed E-state index contributed by atoms with van der Waals surface area (Å²) in [7, 11) is 4.39. The van der Waals surface area contributed by atoms with Crippen LogP contribution in [0.1, 0.15) is 46.0 Å². The lowest BCUT2D eigenvalue weighted by atomic mass is 9.73. The Morgan fingerprint density at radius 2 is 1.76 bits per heavy atom. The second-order valence-corrected chi connectivity index (χ2v) is 8.25. The summed E-state index contributed by atoms with van der Waals surface area (Å²) < 4.78 is 0. The molecule has 0 spiro atoms. The molecular formula is C18H37N3. The van der Waals surface area contributed by atoms with Crippen molar-refractivity contribution in [2.45, 2.75) is 52.0 Å². The summed E-state index contributed by atoms with van der Waals surface area (Å²) in [5.74, 6) is 3.36. The molecule has 2 rings (SSSR count). The van der Waals surface area contributed by atoms with E-state index < -0.39 is 0 Å². The number of nitrogens with two attached hydrogens (primary N) is 1. The zero-order valence-corrected chi connectivity index (χ0v) is 14.7. The zero-order valence-electron chi connectivity index (χ0n) is 14.7. The molecule has 0 aromatic rings. The van der Waals surface area contributed by atoms with Crippen LogP contribution < -0.4 is 5.73 Å². The fraction of sp³-hybridized carbons (Fsp3) is 1.00. The summed E-state index contributed by atoms with van der Waals surface area (Å²) in [4.78, 5) is 5.03. The molecule has 2 N–H and O–H groups in total. The Morgan fingerprint density at radius 1 is 1.10 bits per heavy atom. The second-order valence-electron chi connectivity index (χ2n) is 8.25. The van der Waals surface area contributed by atoms with Crippen LogP contribution in [0.2, 0.25) is 0 Å². The molecule has 2 fully saturated rings. The summed E-state index contributed by atoms with van der Waals surface area (Å²) >= 11 is 0. The van der Waals surface area contributed by atoms with Crippen molar-refractivity contribution in [1.29, 1.82) is 0 Å². The number of nitrogens with zero attached hydrogens (tertiary/aromatic N) is 2. The van der Waals surface area contributed by atoms with Gasteiger partial charge in [-0.1, -0.05) is 13.8 Å². The zero-order chi connectivity index (χ0) is 15.4. The van der Waals surface area contributed by atoms with Crippen molar-refractivity contribution < 1.29 is 0 Å². The Balaban J connectivity index is 1.76. The van der Waals surface area contributed by atoms with E-state index in [1.807, 2.05) is 0 Å². The molecule has 1 heterocycles. The van der Waals surface area contributed by atoms with Crippen molar-refractivity contribution >= 4 is 0 Å². The number of piperidine rings is 1. The smallest absolute Gasteiger partial charge is 0.00795 e. The van der Waals surface area contributed by atoms with Crippen LogP contribution in [0.5, 0.6) is 0 Å². The molecule has 0 bridgehead atoms. The maximum Gasteiger partial charge on any atom is 0.00795 e. The van der Waals surface area contributed by atoms with Crippen molar-refractivity contribution in [2.75, 3.05) is 40.3 Å². The first-order valence-electron chi connectivity index (χ1n) is 9.08. The van der Waals surface area contributed by atoms with E-state index >= 15 is 0 Å². The quantitative estimate of drug-likeness (QED) is 0.846. The minimum atomic E-state index is 0.444. The highest BCUT2D eigenvalue weighted by molar-refractivity contribution is 4.86. The number of hydrogen-bond donors (Lipinski definition) is 1. The molecule has 1 saturated heterocycles. The Morgan fingerprint density at radius 3 is 2.33 bits per heavy atom. The minimum Gasteiger partial charge on any atom is -0.327 e. The van der Waals surface area contributed by atoms with Gasteiger partial charge in [-0.15, -0.1) is 0 Å². The van der Waals surface area contributed by atoms with Gasteiger partial charge in [-0.05, 0) is 83.0 Å². The molecule has 3 heteroatoms. The van der Waals surface area contributed by atoms with Gasteiger partial charge in [0.25, 0.3) is 0 Å². The maximum atomic E-state index is 6.42. The average molecular weight is 296 g/mol. The van der Waals surface area contributed by atoms with Crippen LogP contribution in [0.3, 0.4) is 0 Å². The van der Waals surface area contributed by atoms with Crippen molar-refractivity contribution in [2.24, 2.45) is 29.4 Å². The molecule has 0 aromatic carbocycles. The van der Waals surface area contributed by atoms with Crippen molar-refractivity contribution in [1.82, 2.24) is 9.80 Å². The largest absolute Gasteiger partial charge is 0.327 e. The first kappa shape index (κ1) is 17.2. The first-order valence-corrected chi connectivity index (χ1v) is 9.08. The van der Waals surface area contributed by atoms with Gasteiger partial charge in [-0.3, -0.25) is 0 Å². The van der Waals surface area contributed by atoms with E-state index in [-0.39, 0.29) is 0 Å². The van der Waals surface area contributed by atoms with E-state index in [0.29, 0.717) is 6.04 Å². The number of rotatable bonds is 5. The van der Waals surface area contributed by atoms with Gasteiger partial charge in [0.15, 0.2) is 0 Å². The molecule has 21 heavy (non-hydrogen) atoms. The van der Waals surface area contributed by atoms with Crippen molar-refractivity contribution in [3.8, 4) is 0 Å². The van der Waals surface area contributed by atoms with E-state index in [4.69, 9.17) is 5.73 Å². The van der Waals surface area contributed by atoms with Crippen molar-refractivity contribution in [3.05, 3.63) is 0 Å². The van der Waals surface area contributed by atoms with Crippen LogP contribution in [-0.4, -0.2) is 56.1 Å². The average Bonchev–Trinajstić information content (AvgIpc) is 2.42. The van der Waals surface area contributed by atoms with E-state index in [1.165, 1.54) is 58.3 Å². The van der Waals surface area contributed by atoms with Gasteiger partial charge in [0.1, 0.15) is 0 Å². The fourth-order valence-corrected chi connectivity index (χ4v) is 4.34. The monoisotopic (exact) mass is 295 g/mol. The summed E-state index contributed by atoms with van der Waals surface area (Å²) in [5, 5.41) is 0. The molecular weight excluding hydrogens is 258 g/mol. The molecule has 124 valence electrons. The molecule has 1 saturated carbocycles. The third kappa shape index (κ3) is 5.22. The van der Waals surface area contributed by atoms with E-state index in [9.17, 15) is 0 Å². The molecule has 0 radical (unpaired) electrons. The van der Waals surface area contributed by atoms with Crippen molar-refractivity contribution in [3.63, 3.8) is 0 Å². The summed E-state index contributed by atoms with van der Waals surface area (Å²) in [6.45, 7) is 9.84. The van der Waals surface area contributed by atoms with E-state index in [0.717, 1.165) is 23.7 Å². The number of hydrogen-bond acceptors (Lipinski definition) is 3. The van der Waals surface area contributed by atoms with Crippen LogP contribution in [0.15, 0.2) is 0 Å². The van der Waals surface area contributed by atoms with E-state index in [2.05, 4.69) is 37.7 Å². The lowest BCUT2D eigenvalue weighted by Crippen LogP contribution is -2.46. The highest BCUT2D eigenvalue weighted by Crippen LogP contribution is 2.34. The van der Waals surface area contributed by atoms with Gasteiger partial charge in [0.05, 0.1) is 0 Å². The van der Waals surface area contributed by atoms with Crippen LogP contribution in [-0.2, 0) is 0 Å². The minimum absolute atomic E-state index is 0.444.